The van der Waals surface area contributed by atoms with Crippen LogP contribution < -0.4 is 10.5 Å². The summed E-state index contributed by atoms with van der Waals surface area (Å²) in [6, 6.07) is 1.87. The van der Waals surface area contributed by atoms with Gasteiger partial charge in [0, 0.05) is 31.3 Å². The number of rotatable bonds is 8. The summed E-state index contributed by atoms with van der Waals surface area (Å²) in [4.78, 5) is 14.8. The van der Waals surface area contributed by atoms with Gasteiger partial charge in [-0.3, -0.25) is 8.98 Å². The van der Waals surface area contributed by atoms with Crippen molar-refractivity contribution in [1.82, 2.24) is 14.1 Å². The van der Waals surface area contributed by atoms with Crippen LogP contribution in [-0.2, 0) is 24.3 Å². The maximum absolute atomic E-state index is 13.7. The molecule has 200 valence electrons. The third kappa shape index (κ3) is 5.76. The molecule has 1 fully saturated rings. The Morgan fingerprint density at radius 2 is 1.64 bits per heavy atom. The Morgan fingerprint density at radius 3 is 2.19 bits per heavy atom. The van der Waals surface area contributed by atoms with Gasteiger partial charge in [0.2, 0.25) is 10.0 Å². The van der Waals surface area contributed by atoms with E-state index in [4.69, 9.17) is 4.18 Å². The van der Waals surface area contributed by atoms with Gasteiger partial charge in [-0.2, -0.15) is 22.5 Å². The smallest absolute Gasteiger partial charge is 0.276 e. The largest absolute Gasteiger partial charge is 0.362 e. The highest BCUT2D eigenvalue weighted by Gasteiger charge is 2.37. The fourth-order valence-electron chi connectivity index (χ4n) is 3.79. The van der Waals surface area contributed by atoms with Crippen LogP contribution >= 0.6 is 0 Å². The summed E-state index contributed by atoms with van der Waals surface area (Å²) in [6.07, 6.45) is 1.33. The fraction of sp³-hybridized carbons (Fsp3) is 0.545. The summed E-state index contributed by atoms with van der Waals surface area (Å²) in [5.41, 5.74) is -0.205. The summed E-state index contributed by atoms with van der Waals surface area (Å²) in [6.45, 7) is 7.38. The van der Waals surface area contributed by atoms with Crippen molar-refractivity contribution < 1.29 is 29.8 Å². The molecule has 0 spiro atoms. The van der Waals surface area contributed by atoms with Crippen molar-refractivity contribution in [1.29, 1.82) is 0 Å². The number of aromatic nitrogens is 2. The molecule has 3 rings (SSSR count). The number of hydrogen-bond donors (Lipinski definition) is 0. The average Bonchev–Trinajstić information content (AvgIpc) is 2.78. The number of piperazine rings is 1. The molecule has 14 heteroatoms. The molecule has 0 aliphatic carbocycles. The fourth-order valence-corrected chi connectivity index (χ4v) is 5.72. The zero-order chi connectivity index (χ0) is 27.0. The second-order valence-corrected chi connectivity index (χ2v) is 13.8. The number of sulfonamides is 1. The Hall–Kier alpha value is -2.42. The highest BCUT2D eigenvalue weighted by molar-refractivity contribution is 7.89. The van der Waals surface area contributed by atoms with E-state index in [9.17, 15) is 30.4 Å². The van der Waals surface area contributed by atoms with Gasteiger partial charge in [-0.05, 0) is 46.8 Å². The molecule has 10 nitrogen and oxygen atoms in total. The molecule has 1 atom stereocenters. The number of anilines is 1. The minimum absolute atomic E-state index is 0.0637. The first-order valence-electron chi connectivity index (χ1n) is 11.3. The normalized spacial score (nSPS) is 17.8. The van der Waals surface area contributed by atoms with Crippen molar-refractivity contribution in [2.24, 2.45) is 0 Å². The molecular formula is C22H30F2N4O6S2. The van der Waals surface area contributed by atoms with Crippen molar-refractivity contribution in [3.63, 3.8) is 0 Å². The van der Waals surface area contributed by atoms with Gasteiger partial charge < -0.3 is 4.90 Å². The molecule has 2 aromatic rings. The number of halogens is 2. The molecule has 1 aromatic heterocycles. The van der Waals surface area contributed by atoms with Gasteiger partial charge in [0.1, 0.15) is 11.6 Å². The van der Waals surface area contributed by atoms with Crippen LogP contribution in [0.2, 0.25) is 0 Å². The first-order chi connectivity index (χ1) is 16.6. The number of nitrogens with zero attached hydrogens (tertiary/aromatic N) is 4. The lowest BCUT2D eigenvalue weighted by molar-refractivity contribution is 0.235. The molecule has 1 aliphatic rings. The van der Waals surface area contributed by atoms with E-state index in [1.807, 2.05) is 0 Å². The predicted octanol–water partition coefficient (Wildman–Crippen LogP) is 1.80. The van der Waals surface area contributed by atoms with Crippen LogP contribution in [0.1, 0.15) is 33.3 Å². The molecule has 0 bridgehead atoms. The van der Waals surface area contributed by atoms with Gasteiger partial charge in [0.05, 0.1) is 40.7 Å². The second kappa shape index (κ2) is 10.5. The van der Waals surface area contributed by atoms with Crippen LogP contribution in [0.3, 0.4) is 0 Å². The maximum atomic E-state index is 13.7. The molecular weight excluding hydrogens is 518 g/mol. The second-order valence-electron chi connectivity index (χ2n) is 9.12. The molecule has 0 radical (unpaired) electrons. The van der Waals surface area contributed by atoms with E-state index >= 15 is 0 Å². The predicted molar refractivity (Wildman–Crippen MR) is 131 cm³/mol. The lowest BCUT2D eigenvalue weighted by atomic mass is 10.1. The standard InChI is InChI=1S/C22H30F2N4O6S2/c1-14(2)35(30,31)26-6-7-27(20(12-26)13-34-36(32,33)15(3)4)21-11-25-28(22(29)16(21)5)19-9-17(23)8-18(24)10-19/h8-11,14-15,20H,6-7,12-13H2,1-5H3. The number of hydrogen-bond acceptors (Lipinski definition) is 8. The topological polar surface area (TPSA) is 119 Å². The third-order valence-electron chi connectivity index (χ3n) is 6.00. The van der Waals surface area contributed by atoms with Crippen molar-refractivity contribution >= 4 is 25.8 Å². The quantitative estimate of drug-likeness (QED) is 0.459. The molecule has 36 heavy (non-hydrogen) atoms. The Morgan fingerprint density at radius 1 is 1.03 bits per heavy atom. The summed E-state index contributed by atoms with van der Waals surface area (Å²) >= 11 is 0. The van der Waals surface area contributed by atoms with Gasteiger partial charge in [-0.1, -0.05) is 0 Å². The highest BCUT2D eigenvalue weighted by atomic mass is 32.2. The first-order valence-corrected chi connectivity index (χ1v) is 14.3. The Labute approximate surface area is 209 Å². The van der Waals surface area contributed by atoms with Crippen molar-refractivity contribution in [3.8, 4) is 5.69 Å². The molecule has 1 aromatic carbocycles. The molecule has 0 saturated carbocycles. The van der Waals surface area contributed by atoms with Crippen molar-refractivity contribution in [2.75, 3.05) is 31.1 Å². The lowest BCUT2D eigenvalue weighted by Crippen LogP contribution is -2.58. The zero-order valence-corrected chi connectivity index (χ0v) is 22.3. The summed E-state index contributed by atoms with van der Waals surface area (Å²) in [5, 5.41) is 2.59. The lowest BCUT2D eigenvalue weighted by Gasteiger charge is -2.42. The van der Waals surface area contributed by atoms with Crippen molar-refractivity contribution in [2.45, 2.75) is 51.2 Å². The SMILES string of the molecule is Cc1c(N2CCN(S(=O)(=O)C(C)C)CC2COS(=O)(=O)C(C)C)cnn(-c2cc(F)cc(F)c2)c1=O. The summed E-state index contributed by atoms with van der Waals surface area (Å²) < 4.78 is 84.9. The molecule has 0 N–H and O–H groups in total. The van der Waals surface area contributed by atoms with Gasteiger partial charge in [-0.25, -0.2) is 17.2 Å². The van der Waals surface area contributed by atoms with Gasteiger partial charge >= 0.3 is 0 Å². The van der Waals surface area contributed by atoms with Crippen molar-refractivity contribution in [3.05, 3.63) is 51.9 Å². The molecule has 0 amide bonds. The third-order valence-corrected chi connectivity index (χ3v) is 9.86. The molecule has 1 aliphatic heterocycles. The average molecular weight is 549 g/mol. The maximum Gasteiger partial charge on any atom is 0.276 e. The van der Waals surface area contributed by atoms with Gasteiger partial charge in [0.25, 0.3) is 15.7 Å². The summed E-state index contributed by atoms with van der Waals surface area (Å²) in [7, 11) is -7.52. The Balaban J connectivity index is 2.00. The van der Waals surface area contributed by atoms with Crippen LogP contribution in [0, 0.1) is 18.6 Å². The van der Waals surface area contributed by atoms with Crippen LogP contribution in [-0.4, -0.2) is 73.7 Å². The number of benzene rings is 1. The van der Waals surface area contributed by atoms with E-state index in [0.29, 0.717) is 11.8 Å². The van der Waals surface area contributed by atoms with Crippen LogP contribution in [0.15, 0.2) is 29.2 Å². The van der Waals surface area contributed by atoms with E-state index in [1.165, 1.54) is 31.3 Å². The van der Waals surface area contributed by atoms with E-state index in [2.05, 4.69) is 5.10 Å². The van der Waals surface area contributed by atoms with Crippen LogP contribution in [0.4, 0.5) is 14.5 Å². The monoisotopic (exact) mass is 548 g/mol. The Bertz CT molecular complexity index is 1370. The molecule has 2 heterocycles. The van der Waals surface area contributed by atoms with Crippen LogP contribution in [0.5, 0.6) is 0 Å². The minimum atomic E-state index is -3.89. The van der Waals surface area contributed by atoms with E-state index in [-0.39, 0.29) is 37.5 Å². The van der Waals surface area contributed by atoms with Gasteiger partial charge in [0.15, 0.2) is 0 Å². The van der Waals surface area contributed by atoms with E-state index in [1.54, 1.807) is 18.7 Å². The van der Waals surface area contributed by atoms with Gasteiger partial charge in [-0.15, -0.1) is 0 Å². The Kier molecular flexibility index (Phi) is 8.23. The van der Waals surface area contributed by atoms with E-state index in [0.717, 1.165) is 16.8 Å². The summed E-state index contributed by atoms with van der Waals surface area (Å²) in [5.74, 6) is -1.74. The zero-order valence-electron chi connectivity index (χ0n) is 20.7. The van der Waals surface area contributed by atoms with E-state index < -0.39 is 53.9 Å². The minimum Gasteiger partial charge on any atom is -0.362 e. The molecule has 1 unspecified atom stereocenters. The molecule has 1 saturated heterocycles. The highest BCUT2D eigenvalue weighted by Crippen LogP contribution is 2.25. The first kappa shape index (κ1) is 28.2. The van der Waals surface area contributed by atoms with Crippen LogP contribution in [0.25, 0.3) is 5.69 Å².